The van der Waals surface area contributed by atoms with Crippen molar-refractivity contribution >= 4 is 17.1 Å². The fourth-order valence-electron chi connectivity index (χ4n) is 2.81. The molecule has 0 unspecified atom stereocenters. The number of hydrogen-bond acceptors (Lipinski definition) is 5. The molecule has 0 heterocycles. The second kappa shape index (κ2) is 6.09. The maximum Gasteiger partial charge on any atom is 0.292 e. The van der Waals surface area contributed by atoms with E-state index in [2.05, 4.69) is 5.32 Å². The molecule has 0 radical (unpaired) electrons. The third-order valence-electron chi connectivity index (χ3n) is 4.14. The molecule has 0 aromatic heterocycles. The van der Waals surface area contributed by atoms with Gasteiger partial charge >= 0.3 is 0 Å². The normalized spacial score (nSPS) is 17.6. The fraction of sp³-hybridized carbons (Fsp3) is 0.571. The van der Waals surface area contributed by atoms with Gasteiger partial charge in [-0.15, -0.1) is 0 Å². The van der Waals surface area contributed by atoms with Crippen LogP contribution in [-0.2, 0) is 0 Å². The minimum atomic E-state index is -0.491. The minimum Gasteiger partial charge on any atom is -0.396 e. The molecule has 6 heteroatoms. The molecule has 20 heavy (non-hydrogen) atoms. The molecule has 110 valence electrons. The molecule has 4 N–H and O–H groups in total. The van der Waals surface area contributed by atoms with Gasteiger partial charge in [0.1, 0.15) is 5.69 Å². The van der Waals surface area contributed by atoms with Crippen molar-refractivity contribution in [2.45, 2.75) is 32.1 Å². The average Bonchev–Trinajstić information content (AvgIpc) is 2.46. The Hall–Kier alpha value is -1.82. The smallest absolute Gasteiger partial charge is 0.292 e. The van der Waals surface area contributed by atoms with Gasteiger partial charge in [0.2, 0.25) is 0 Å². The van der Waals surface area contributed by atoms with Gasteiger partial charge in [-0.1, -0.05) is 19.3 Å². The van der Waals surface area contributed by atoms with Gasteiger partial charge in [-0.25, -0.2) is 0 Å². The number of aliphatic hydroxyl groups is 1. The molecule has 1 aromatic rings. The molecule has 1 aliphatic carbocycles. The largest absolute Gasteiger partial charge is 0.396 e. The van der Waals surface area contributed by atoms with Crippen LogP contribution in [0.2, 0.25) is 0 Å². The van der Waals surface area contributed by atoms with Crippen molar-refractivity contribution in [2.24, 2.45) is 5.41 Å². The molecule has 1 aromatic carbocycles. The quantitative estimate of drug-likeness (QED) is 0.437. The first kappa shape index (κ1) is 14.6. The fourth-order valence-corrected chi connectivity index (χ4v) is 2.81. The lowest BCUT2D eigenvalue weighted by molar-refractivity contribution is -0.383. The standard InChI is InChI=1S/C14H21N3O3/c15-12-8-11(4-5-13(12)17(19)20)16-9-14(10-18)6-2-1-3-7-14/h4-5,8,16,18H,1-3,6-7,9-10,15H2. The van der Waals surface area contributed by atoms with Crippen LogP contribution in [0.15, 0.2) is 18.2 Å². The number of nitro groups is 1. The van der Waals surface area contributed by atoms with Crippen LogP contribution in [0.3, 0.4) is 0 Å². The SMILES string of the molecule is Nc1cc(NCC2(CO)CCCCC2)ccc1[N+](=O)[O-]. The third kappa shape index (κ3) is 3.19. The Kier molecular flexibility index (Phi) is 4.44. The third-order valence-corrected chi connectivity index (χ3v) is 4.14. The zero-order valence-electron chi connectivity index (χ0n) is 11.5. The Morgan fingerprint density at radius 2 is 2.05 bits per heavy atom. The first-order valence-corrected chi connectivity index (χ1v) is 6.95. The number of nitrogen functional groups attached to an aromatic ring is 1. The number of benzene rings is 1. The molecule has 0 amide bonds. The topological polar surface area (TPSA) is 101 Å². The number of hydrogen-bond donors (Lipinski definition) is 3. The number of anilines is 2. The van der Waals surface area contributed by atoms with Gasteiger partial charge in [0.05, 0.1) is 11.5 Å². The first-order chi connectivity index (χ1) is 9.56. The summed E-state index contributed by atoms with van der Waals surface area (Å²) < 4.78 is 0. The van der Waals surface area contributed by atoms with E-state index in [0.717, 1.165) is 31.4 Å². The van der Waals surface area contributed by atoms with Gasteiger partial charge in [-0.3, -0.25) is 10.1 Å². The molecule has 1 fully saturated rings. The summed E-state index contributed by atoms with van der Waals surface area (Å²) >= 11 is 0. The van der Waals surface area contributed by atoms with Gasteiger partial charge < -0.3 is 16.2 Å². The minimum absolute atomic E-state index is 0.0746. The number of aliphatic hydroxyl groups excluding tert-OH is 1. The monoisotopic (exact) mass is 279 g/mol. The van der Waals surface area contributed by atoms with E-state index in [9.17, 15) is 15.2 Å². The first-order valence-electron chi connectivity index (χ1n) is 6.95. The average molecular weight is 279 g/mol. The molecule has 0 bridgehead atoms. The molecule has 2 rings (SSSR count). The number of nitrogens with one attached hydrogen (secondary N) is 1. The van der Waals surface area contributed by atoms with E-state index in [1.54, 1.807) is 12.1 Å². The Bertz CT molecular complexity index is 485. The molecular formula is C14H21N3O3. The molecule has 6 nitrogen and oxygen atoms in total. The molecule has 0 aliphatic heterocycles. The van der Waals surface area contributed by atoms with Gasteiger partial charge in [0, 0.05) is 23.7 Å². The maximum absolute atomic E-state index is 10.7. The van der Waals surface area contributed by atoms with Crippen LogP contribution in [0, 0.1) is 15.5 Å². The number of nitro benzene ring substituents is 1. The highest BCUT2D eigenvalue weighted by Crippen LogP contribution is 2.36. The van der Waals surface area contributed by atoms with Crippen molar-refractivity contribution in [3.05, 3.63) is 28.3 Å². The zero-order chi connectivity index (χ0) is 14.6. The van der Waals surface area contributed by atoms with Crippen molar-refractivity contribution in [1.82, 2.24) is 0 Å². The van der Waals surface area contributed by atoms with Crippen LogP contribution in [-0.4, -0.2) is 23.2 Å². The number of rotatable bonds is 5. The van der Waals surface area contributed by atoms with E-state index in [-0.39, 0.29) is 23.4 Å². The predicted molar refractivity (Wildman–Crippen MR) is 78.6 cm³/mol. The van der Waals surface area contributed by atoms with Gasteiger partial charge in [0.25, 0.3) is 5.69 Å². The molecular weight excluding hydrogens is 258 g/mol. The lowest BCUT2D eigenvalue weighted by Gasteiger charge is -2.36. The Labute approximate surface area is 118 Å². The second-order valence-corrected chi connectivity index (χ2v) is 5.60. The lowest BCUT2D eigenvalue weighted by Crippen LogP contribution is -2.35. The molecule has 0 spiro atoms. The summed E-state index contributed by atoms with van der Waals surface area (Å²) in [6.07, 6.45) is 5.54. The van der Waals surface area contributed by atoms with Crippen molar-refractivity contribution in [3.8, 4) is 0 Å². The Morgan fingerprint density at radius 3 is 2.60 bits per heavy atom. The van der Waals surface area contributed by atoms with Gasteiger partial charge in [0.15, 0.2) is 0 Å². The number of nitrogens with zero attached hydrogens (tertiary/aromatic N) is 1. The van der Waals surface area contributed by atoms with Gasteiger partial charge in [-0.2, -0.15) is 0 Å². The van der Waals surface area contributed by atoms with E-state index in [1.165, 1.54) is 12.5 Å². The molecule has 0 atom stereocenters. The Balaban J connectivity index is 2.03. The van der Waals surface area contributed by atoms with Crippen LogP contribution in [0.1, 0.15) is 32.1 Å². The summed E-state index contributed by atoms with van der Waals surface area (Å²) in [5.41, 5.74) is 6.42. The summed E-state index contributed by atoms with van der Waals surface area (Å²) in [5.74, 6) is 0. The molecule has 1 aliphatic rings. The second-order valence-electron chi connectivity index (χ2n) is 5.60. The highest BCUT2D eigenvalue weighted by Gasteiger charge is 2.31. The van der Waals surface area contributed by atoms with E-state index in [4.69, 9.17) is 5.73 Å². The van der Waals surface area contributed by atoms with Crippen LogP contribution in [0.25, 0.3) is 0 Å². The van der Waals surface area contributed by atoms with E-state index in [0.29, 0.717) is 6.54 Å². The maximum atomic E-state index is 10.7. The summed E-state index contributed by atoms with van der Waals surface area (Å²) in [4.78, 5) is 10.2. The van der Waals surface area contributed by atoms with E-state index >= 15 is 0 Å². The molecule has 0 saturated heterocycles. The van der Waals surface area contributed by atoms with Crippen LogP contribution >= 0.6 is 0 Å². The van der Waals surface area contributed by atoms with E-state index < -0.39 is 4.92 Å². The van der Waals surface area contributed by atoms with Crippen LogP contribution in [0.5, 0.6) is 0 Å². The van der Waals surface area contributed by atoms with Gasteiger partial charge in [-0.05, 0) is 25.0 Å². The van der Waals surface area contributed by atoms with Crippen molar-refractivity contribution in [2.75, 3.05) is 24.2 Å². The highest BCUT2D eigenvalue weighted by atomic mass is 16.6. The summed E-state index contributed by atoms with van der Waals surface area (Å²) in [7, 11) is 0. The van der Waals surface area contributed by atoms with Crippen molar-refractivity contribution in [1.29, 1.82) is 0 Å². The van der Waals surface area contributed by atoms with E-state index in [1.807, 2.05) is 0 Å². The predicted octanol–water partition coefficient (Wildman–Crippen LogP) is 2.53. The summed E-state index contributed by atoms with van der Waals surface area (Å²) in [5, 5.41) is 23.6. The van der Waals surface area contributed by atoms with Crippen LogP contribution in [0.4, 0.5) is 17.1 Å². The zero-order valence-corrected chi connectivity index (χ0v) is 11.5. The summed E-state index contributed by atoms with van der Waals surface area (Å²) in [6.45, 7) is 0.837. The summed E-state index contributed by atoms with van der Waals surface area (Å²) in [6, 6.07) is 4.64. The molecule has 1 saturated carbocycles. The van der Waals surface area contributed by atoms with Crippen LogP contribution < -0.4 is 11.1 Å². The Morgan fingerprint density at radius 1 is 1.35 bits per heavy atom. The van der Waals surface area contributed by atoms with Crippen molar-refractivity contribution < 1.29 is 10.0 Å². The van der Waals surface area contributed by atoms with Crippen molar-refractivity contribution in [3.63, 3.8) is 0 Å². The number of nitrogens with two attached hydrogens (primary N) is 1. The highest BCUT2D eigenvalue weighted by molar-refractivity contribution is 5.65. The lowest BCUT2D eigenvalue weighted by atomic mass is 9.74.